The Bertz CT molecular complexity index is 743. The smallest absolute Gasteiger partial charge is 0.347 e. The number of anilines is 1. The molecule has 0 amide bonds. The number of thioether (sulfide) groups is 1. The summed E-state index contributed by atoms with van der Waals surface area (Å²) in [5.41, 5.74) is 7.08. The maximum absolute atomic E-state index is 12.3. The normalized spacial score (nSPS) is 11.8. The lowest BCUT2D eigenvalue weighted by Gasteiger charge is -2.19. The second-order valence-electron chi connectivity index (χ2n) is 5.65. The van der Waals surface area contributed by atoms with Gasteiger partial charge in [0, 0.05) is 0 Å². The number of carbonyl (C=O) groups is 1. The van der Waals surface area contributed by atoms with Gasteiger partial charge in [-0.3, -0.25) is 0 Å². The Morgan fingerprint density at radius 2 is 1.96 bits per heavy atom. The predicted octanol–water partition coefficient (Wildman–Crippen LogP) is 3.33. The number of nitrogens with two attached hydrogens (primary N) is 1. The van der Waals surface area contributed by atoms with Crippen molar-refractivity contribution in [3.05, 3.63) is 41.5 Å². The standard InChI is InChI=1S/C19H25N3O4S/c1-4-14(12-24-11-13-9-7-6-8-10-13)26-17-15(18(23)25-5-2)16(20)21-19(22-17)27-3/h6-10,14H,4-5,11-12H2,1-3H3,(H2,20,21,22). The van der Waals surface area contributed by atoms with Crippen LogP contribution >= 0.6 is 11.8 Å². The van der Waals surface area contributed by atoms with Crippen molar-refractivity contribution in [1.29, 1.82) is 0 Å². The summed E-state index contributed by atoms with van der Waals surface area (Å²) in [5, 5.41) is 0.426. The van der Waals surface area contributed by atoms with E-state index < -0.39 is 5.97 Å². The minimum Gasteiger partial charge on any atom is -0.471 e. The van der Waals surface area contributed by atoms with Crippen molar-refractivity contribution in [3.63, 3.8) is 0 Å². The fourth-order valence-corrected chi connectivity index (χ4v) is 2.65. The van der Waals surface area contributed by atoms with Crippen LogP contribution in [0.3, 0.4) is 0 Å². The van der Waals surface area contributed by atoms with Crippen LogP contribution in [0.15, 0.2) is 35.5 Å². The summed E-state index contributed by atoms with van der Waals surface area (Å²) in [5.74, 6) is -0.430. The third-order valence-corrected chi connectivity index (χ3v) is 4.24. The number of nitrogen functional groups attached to an aromatic ring is 1. The van der Waals surface area contributed by atoms with E-state index in [1.54, 1.807) is 6.92 Å². The van der Waals surface area contributed by atoms with E-state index in [4.69, 9.17) is 19.9 Å². The van der Waals surface area contributed by atoms with Gasteiger partial charge in [-0.15, -0.1) is 0 Å². The SMILES string of the molecule is CCOC(=O)c1c(N)nc(SC)nc1OC(CC)COCc1ccccc1. The summed E-state index contributed by atoms with van der Waals surface area (Å²) in [6.45, 7) is 4.75. The van der Waals surface area contributed by atoms with E-state index in [1.165, 1.54) is 11.8 Å². The topological polar surface area (TPSA) is 96.6 Å². The molecule has 0 aliphatic heterocycles. The Hall–Kier alpha value is -2.32. The monoisotopic (exact) mass is 391 g/mol. The molecule has 0 aliphatic carbocycles. The van der Waals surface area contributed by atoms with E-state index in [0.717, 1.165) is 5.56 Å². The van der Waals surface area contributed by atoms with Crippen molar-refractivity contribution >= 4 is 23.5 Å². The summed E-state index contributed by atoms with van der Waals surface area (Å²) in [7, 11) is 0. The van der Waals surface area contributed by atoms with Crippen LogP contribution in [0.2, 0.25) is 0 Å². The largest absolute Gasteiger partial charge is 0.471 e. The van der Waals surface area contributed by atoms with E-state index in [9.17, 15) is 4.79 Å². The highest BCUT2D eigenvalue weighted by Crippen LogP contribution is 2.26. The van der Waals surface area contributed by atoms with Crippen LogP contribution < -0.4 is 10.5 Å². The fraction of sp³-hybridized carbons (Fsp3) is 0.421. The van der Waals surface area contributed by atoms with Crippen molar-refractivity contribution in [2.45, 2.75) is 38.1 Å². The molecule has 2 aromatic rings. The number of hydrogen-bond donors (Lipinski definition) is 1. The third kappa shape index (κ3) is 6.11. The molecule has 2 N–H and O–H groups in total. The molecule has 7 nitrogen and oxygen atoms in total. The molecule has 1 atom stereocenters. The Kier molecular flexibility index (Phi) is 8.35. The molecular weight excluding hydrogens is 366 g/mol. The molecular formula is C19H25N3O4S. The number of nitrogens with zero attached hydrogens (tertiary/aromatic N) is 2. The van der Waals surface area contributed by atoms with Gasteiger partial charge in [-0.05, 0) is 25.2 Å². The molecule has 0 aliphatic rings. The van der Waals surface area contributed by atoms with Crippen molar-refractivity contribution in [3.8, 4) is 5.88 Å². The molecule has 1 aromatic heterocycles. The third-order valence-electron chi connectivity index (χ3n) is 3.69. The van der Waals surface area contributed by atoms with Crippen LogP contribution in [-0.2, 0) is 16.1 Å². The van der Waals surface area contributed by atoms with Crippen molar-refractivity contribution < 1.29 is 19.0 Å². The Morgan fingerprint density at radius 3 is 2.59 bits per heavy atom. The number of esters is 1. The lowest BCUT2D eigenvalue weighted by Crippen LogP contribution is -2.25. The first-order valence-corrected chi connectivity index (χ1v) is 9.98. The zero-order chi connectivity index (χ0) is 19.6. The van der Waals surface area contributed by atoms with Crippen LogP contribution in [0.1, 0.15) is 36.2 Å². The van der Waals surface area contributed by atoms with Crippen molar-refractivity contribution in [2.24, 2.45) is 0 Å². The Labute approximate surface area is 163 Å². The molecule has 0 saturated carbocycles. The molecule has 2 rings (SSSR count). The van der Waals surface area contributed by atoms with E-state index in [0.29, 0.717) is 24.8 Å². The maximum atomic E-state index is 12.3. The number of hydrogen-bond acceptors (Lipinski definition) is 8. The highest BCUT2D eigenvalue weighted by Gasteiger charge is 2.24. The number of benzene rings is 1. The number of rotatable bonds is 10. The van der Waals surface area contributed by atoms with Gasteiger partial charge in [-0.25, -0.2) is 9.78 Å². The van der Waals surface area contributed by atoms with Crippen molar-refractivity contribution in [2.75, 3.05) is 25.2 Å². The first-order valence-electron chi connectivity index (χ1n) is 8.75. The summed E-state index contributed by atoms with van der Waals surface area (Å²) in [6, 6.07) is 9.88. The summed E-state index contributed by atoms with van der Waals surface area (Å²) in [6.07, 6.45) is 2.21. The molecule has 27 heavy (non-hydrogen) atoms. The first kappa shape index (κ1) is 21.0. The predicted molar refractivity (Wildman–Crippen MR) is 105 cm³/mol. The zero-order valence-electron chi connectivity index (χ0n) is 15.8. The molecule has 0 fully saturated rings. The van der Waals surface area contributed by atoms with Gasteiger partial charge in [0.2, 0.25) is 5.88 Å². The second kappa shape index (κ2) is 10.7. The molecule has 8 heteroatoms. The van der Waals surface area contributed by atoms with Gasteiger partial charge in [0.15, 0.2) is 10.7 Å². The minimum absolute atomic E-state index is 0.0443. The van der Waals surface area contributed by atoms with Gasteiger partial charge < -0.3 is 19.9 Å². The van der Waals surface area contributed by atoms with E-state index in [-0.39, 0.29) is 30.0 Å². The second-order valence-corrected chi connectivity index (χ2v) is 6.42. The maximum Gasteiger partial charge on any atom is 0.347 e. The first-order chi connectivity index (χ1) is 13.1. The molecule has 0 radical (unpaired) electrons. The van der Waals surface area contributed by atoms with Crippen LogP contribution in [0.5, 0.6) is 5.88 Å². The highest BCUT2D eigenvalue weighted by molar-refractivity contribution is 7.98. The fourth-order valence-electron chi connectivity index (χ4n) is 2.28. The Balaban J connectivity index is 2.11. The van der Waals surface area contributed by atoms with Crippen molar-refractivity contribution in [1.82, 2.24) is 9.97 Å². The van der Waals surface area contributed by atoms with E-state index in [1.807, 2.05) is 43.5 Å². The van der Waals surface area contributed by atoms with Gasteiger partial charge in [0.1, 0.15) is 11.9 Å². The Morgan fingerprint density at radius 1 is 1.22 bits per heavy atom. The average Bonchev–Trinajstić information content (AvgIpc) is 2.67. The van der Waals surface area contributed by atoms with Crippen LogP contribution in [0.25, 0.3) is 0 Å². The van der Waals surface area contributed by atoms with Crippen LogP contribution in [0.4, 0.5) is 5.82 Å². The molecule has 0 saturated heterocycles. The zero-order valence-corrected chi connectivity index (χ0v) is 16.6. The quantitative estimate of drug-likeness (QED) is 0.374. The summed E-state index contributed by atoms with van der Waals surface area (Å²) < 4.78 is 16.8. The molecule has 0 bridgehead atoms. The molecule has 1 unspecified atom stereocenters. The van der Waals surface area contributed by atoms with Crippen LogP contribution in [-0.4, -0.2) is 41.5 Å². The number of carbonyl (C=O) groups excluding carboxylic acids is 1. The number of ether oxygens (including phenoxy) is 3. The van der Waals surface area contributed by atoms with Gasteiger partial charge in [-0.2, -0.15) is 4.98 Å². The molecule has 0 spiro atoms. The number of aromatic nitrogens is 2. The van der Waals surface area contributed by atoms with Gasteiger partial charge in [-0.1, -0.05) is 49.0 Å². The molecule has 146 valence electrons. The van der Waals surface area contributed by atoms with E-state index in [2.05, 4.69) is 9.97 Å². The van der Waals surface area contributed by atoms with Gasteiger partial charge in [0.25, 0.3) is 0 Å². The average molecular weight is 391 g/mol. The molecule has 1 aromatic carbocycles. The summed E-state index contributed by atoms with van der Waals surface area (Å²) >= 11 is 1.32. The highest BCUT2D eigenvalue weighted by atomic mass is 32.2. The van der Waals surface area contributed by atoms with Crippen LogP contribution in [0, 0.1) is 0 Å². The molecule has 1 heterocycles. The van der Waals surface area contributed by atoms with Gasteiger partial charge in [0.05, 0.1) is 19.8 Å². The van der Waals surface area contributed by atoms with E-state index >= 15 is 0 Å². The lowest BCUT2D eigenvalue weighted by molar-refractivity contribution is 0.0343. The lowest BCUT2D eigenvalue weighted by atomic mass is 10.2. The summed E-state index contributed by atoms with van der Waals surface area (Å²) in [4.78, 5) is 20.7. The minimum atomic E-state index is -0.599. The van der Waals surface area contributed by atoms with Gasteiger partial charge >= 0.3 is 5.97 Å².